The lowest BCUT2D eigenvalue weighted by atomic mass is 9.68. The Morgan fingerprint density at radius 1 is 0.603 bits per heavy atom. The van der Waals surface area contributed by atoms with Crippen molar-refractivity contribution in [2.45, 2.75) is 11.0 Å². The number of aromatic nitrogens is 1. The number of rotatable bonds is 9. The van der Waals surface area contributed by atoms with E-state index in [-0.39, 0.29) is 0 Å². The maximum absolute atomic E-state index is 6.89. The number of pyridine rings is 1. The fourth-order valence-electron chi connectivity index (χ4n) is 8.98. The van der Waals surface area contributed by atoms with Gasteiger partial charge in [-0.2, -0.15) is 0 Å². The maximum atomic E-state index is 6.89. The van der Waals surface area contributed by atoms with E-state index in [4.69, 9.17) is 9.47 Å². The van der Waals surface area contributed by atoms with Gasteiger partial charge in [0.1, 0.15) is 0 Å². The van der Waals surface area contributed by atoms with E-state index in [0.29, 0.717) is 22.9 Å². The van der Waals surface area contributed by atoms with Gasteiger partial charge in [-0.15, -0.1) is 0 Å². The number of ether oxygens (including phenoxy) is 2. The second-order valence-corrected chi connectivity index (χ2v) is 14.6. The Morgan fingerprint density at radius 2 is 1.22 bits per heavy atom. The molecule has 1 N–H and O–H groups in total. The van der Waals surface area contributed by atoms with Gasteiger partial charge in [-0.3, -0.25) is 9.98 Å². The molecule has 8 aromatic rings. The first-order chi connectivity index (χ1) is 28.6. The van der Waals surface area contributed by atoms with Crippen molar-refractivity contribution >= 4 is 12.4 Å². The smallest absolute Gasteiger partial charge is 0.178 e. The summed E-state index contributed by atoms with van der Waals surface area (Å²) in [5, 5.41) is 3.61. The lowest BCUT2D eigenvalue weighted by Gasteiger charge is -2.34. The number of benzene rings is 7. The van der Waals surface area contributed by atoms with Crippen LogP contribution in [0.1, 0.15) is 39.1 Å². The quantitative estimate of drug-likeness (QED) is 0.149. The van der Waals surface area contributed by atoms with Gasteiger partial charge >= 0.3 is 0 Å². The Labute approximate surface area is 338 Å². The molecule has 1 unspecified atom stereocenters. The maximum Gasteiger partial charge on any atom is 0.178 e. The summed E-state index contributed by atoms with van der Waals surface area (Å²) in [4.78, 5) is 8.98. The number of nitrogens with one attached hydrogen (secondary N) is 1. The van der Waals surface area contributed by atoms with Gasteiger partial charge < -0.3 is 14.8 Å². The van der Waals surface area contributed by atoms with E-state index in [2.05, 4.69) is 186 Å². The van der Waals surface area contributed by atoms with Gasteiger partial charge in [0.05, 0.1) is 22.3 Å². The van der Waals surface area contributed by atoms with Crippen LogP contribution in [-0.2, 0) is 11.0 Å². The second kappa shape index (κ2) is 14.3. The molecule has 10 rings (SSSR count). The molecule has 0 spiro atoms. The SMILES string of the molecule is C=N/C(=C\C(NC)(c1ccccc1)c1ccc(-c2ccc3c(c2)Oc2ccc4c(c2O3)-c2ccccc2C4(c2ccccc2)c2ccccc2)cc1)c1ccccn1. The first-order valence-electron chi connectivity index (χ1n) is 19.5. The average Bonchev–Trinajstić information content (AvgIpc) is 3.61. The molecule has 0 fully saturated rings. The van der Waals surface area contributed by atoms with Crippen molar-refractivity contribution < 1.29 is 9.47 Å². The van der Waals surface area contributed by atoms with Crippen LogP contribution in [0.2, 0.25) is 0 Å². The molecular formula is C53H39N3O2. The van der Waals surface area contributed by atoms with Crippen molar-refractivity contribution in [3.63, 3.8) is 0 Å². The van der Waals surface area contributed by atoms with Crippen LogP contribution in [0.3, 0.4) is 0 Å². The number of hydrogen-bond acceptors (Lipinski definition) is 5. The molecule has 2 heterocycles. The minimum atomic E-state index is -0.707. The summed E-state index contributed by atoms with van der Waals surface area (Å²) < 4.78 is 13.6. The molecule has 0 saturated carbocycles. The average molecular weight is 750 g/mol. The Morgan fingerprint density at radius 3 is 1.90 bits per heavy atom. The van der Waals surface area contributed by atoms with Crippen molar-refractivity contribution in [2.75, 3.05) is 7.05 Å². The Bertz CT molecular complexity index is 2780. The Hall–Kier alpha value is -7.34. The molecule has 0 saturated heterocycles. The standard InChI is InChI=1S/C53H39N3O2/c1-54-46(45-24-14-15-33-56-45)35-52(55-2,38-16-6-3-7-17-38)39-28-25-36(26-29-39)37-27-31-47-49(34-37)57-48-32-30-44-50(51(48)58-47)42-22-12-13-23-43(42)53(44,40-18-8-4-9-19-40)41-20-10-5-11-21-41/h3-35,55H,1H2,2H3/b46-35-. The molecular weight excluding hydrogens is 711 g/mol. The van der Waals surface area contributed by atoms with Gasteiger partial charge in [-0.05, 0) is 100 Å². The molecule has 1 aromatic heterocycles. The first-order valence-corrected chi connectivity index (χ1v) is 19.5. The molecule has 1 atom stereocenters. The first kappa shape index (κ1) is 35.1. The predicted octanol–water partition coefficient (Wildman–Crippen LogP) is 12.2. The number of aliphatic imine (C=N–C) groups is 1. The zero-order valence-corrected chi connectivity index (χ0v) is 32.0. The molecule has 5 heteroatoms. The van der Waals surface area contributed by atoms with Gasteiger partial charge in [0, 0.05) is 11.8 Å². The van der Waals surface area contributed by atoms with E-state index in [1.807, 2.05) is 37.4 Å². The summed E-state index contributed by atoms with van der Waals surface area (Å²) in [5.74, 6) is 2.78. The highest BCUT2D eigenvalue weighted by molar-refractivity contribution is 5.92. The highest BCUT2D eigenvalue weighted by Crippen LogP contribution is 2.62. The molecule has 0 amide bonds. The molecule has 58 heavy (non-hydrogen) atoms. The zero-order chi connectivity index (χ0) is 39.1. The number of nitrogens with zero attached hydrogens (tertiary/aromatic N) is 2. The molecule has 278 valence electrons. The van der Waals surface area contributed by atoms with Crippen LogP contribution in [0.25, 0.3) is 28.0 Å². The van der Waals surface area contributed by atoms with Crippen LogP contribution in [0.4, 0.5) is 0 Å². The van der Waals surface area contributed by atoms with E-state index in [0.717, 1.165) is 44.8 Å². The topological polar surface area (TPSA) is 55.7 Å². The van der Waals surface area contributed by atoms with Crippen molar-refractivity contribution in [3.05, 3.63) is 239 Å². The van der Waals surface area contributed by atoms with Crippen LogP contribution in [-0.4, -0.2) is 18.7 Å². The molecule has 0 bridgehead atoms. The normalized spacial score (nSPS) is 14.4. The zero-order valence-electron chi connectivity index (χ0n) is 32.0. The van der Waals surface area contributed by atoms with Crippen molar-refractivity contribution in [1.82, 2.24) is 10.3 Å². The third kappa shape index (κ3) is 5.51. The Balaban J connectivity index is 1.03. The molecule has 1 aliphatic heterocycles. The van der Waals surface area contributed by atoms with E-state index < -0.39 is 11.0 Å². The summed E-state index contributed by atoms with van der Waals surface area (Å²) in [6.45, 7) is 3.90. The van der Waals surface area contributed by atoms with Crippen LogP contribution in [0, 0.1) is 0 Å². The molecule has 1 aliphatic carbocycles. The monoisotopic (exact) mass is 749 g/mol. The molecule has 0 radical (unpaired) electrons. The Kier molecular flexibility index (Phi) is 8.66. The lowest BCUT2D eigenvalue weighted by molar-refractivity contribution is 0.360. The predicted molar refractivity (Wildman–Crippen MR) is 234 cm³/mol. The summed E-state index contributed by atoms with van der Waals surface area (Å²) in [5.41, 5.74) is 11.4. The number of likely N-dealkylation sites (N-methyl/N-ethyl adjacent to an activating group) is 1. The fourth-order valence-corrected chi connectivity index (χ4v) is 8.98. The fraction of sp³-hybridized carbons (Fsp3) is 0.0566. The van der Waals surface area contributed by atoms with E-state index in [1.165, 1.54) is 22.3 Å². The van der Waals surface area contributed by atoms with Crippen LogP contribution in [0.5, 0.6) is 23.0 Å². The number of hydrogen-bond donors (Lipinski definition) is 1. The van der Waals surface area contributed by atoms with Crippen LogP contribution in [0.15, 0.2) is 205 Å². The summed E-state index contributed by atoms with van der Waals surface area (Å²) >= 11 is 0. The highest BCUT2D eigenvalue weighted by atomic mass is 16.6. The van der Waals surface area contributed by atoms with Gasteiger partial charge in [0.15, 0.2) is 23.0 Å². The van der Waals surface area contributed by atoms with Gasteiger partial charge in [-0.1, -0.05) is 158 Å². The van der Waals surface area contributed by atoms with Crippen molar-refractivity contribution in [2.24, 2.45) is 4.99 Å². The van der Waals surface area contributed by atoms with Crippen LogP contribution >= 0.6 is 0 Å². The lowest BCUT2D eigenvalue weighted by Crippen LogP contribution is -2.39. The minimum Gasteiger partial charge on any atom is -0.449 e. The van der Waals surface area contributed by atoms with Gasteiger partial charge in [0.2, 0.25) is 0 Å². The number of fused-ring (bicyclic) bond motifs is 6. The second-order valence-electron chi connectivity index (χ2n) is 14.6. The largest absolute Gasteiger partial charge is 0.449 e. The summed E-state index contributed by atoms with van der Waals surface area (Å²) in [6.07, 6.45) is 3.87. The van der Waals surface area contributed by atoms with E-state index in [1.54, 1.807) is 6.20 Å². The summed E-state index contributed by atoms with van der Waals surface area (Å²) in [7, 11) is 1.96. The van der Waals surface area contributed by atoms with E-state index in [9.17, 15) is 0 Å². The van der Waals surface area contributed by atoms with E-state index >= 15 is 0 Å². The minimum absolute atomic E-state index is 0.521. The molecule has 5 nitrogen and oxygen atoms in total. The third-order valence-corrected chi connectivity index (χ3v) is 11.7. The highest BCUT2D eigenvalue weighted by Gasteiger charge is 2.48. The molecule has 2 aliphatic rings. The summed E-state index contributed by atoms with van der Waals surface area (Å²) in [6, 6.07) is 65.5. The molecule has 7 aromatic carbocycles. The van der Waals surface area contributed by atoms with Gasteiger partial charge in [0.25, 0.3) is 0 Å². The van der Waals surface area contributed by atoms with Crippen LogP contribution < -0.4 is 14.8 Å². The third-order valence-electron chi connectivity index (χ3n) is 11.7. The van der Waals surface area contributed by atoms with Crippen molar-refractivity contribution in [3.8, 4) is 45.3 Å². The van der Waals surface area contributed by atoms with Crippen molar-refractivity contribution in [1.29, 1.82) is 0 Å². The van der Waals surface area contributed by atoms with Gasteiger partial charge in [-0.25, -0.2) is 0 Å².